The summed E-state index contributed by atoms with van der Waals surface area (Å²) in [7, 11) is 0. The number of hydroxylamine groups is 2. The number of urea groups is 1. The number of piperidine rings is 1. The number of carbonyl (C=O) groups is 1. The van der Waals surface area contributed by atoms with Crippen LogP contribution in [0.4, 0.5) is 4.79 Å². The van der Waals surface area contributed by atoms with Crippen molar-refractivity contribution in [3.8, 4) is 0 Å². The van der Waals surface area contributed by atoms with Crippen LogP contribution in [-0.2, 0) is 15.9 Å². The van der Waals surface area contributed by atoms with Gasteiger partial charge in [0.15, 0.2) is 0 Å². The second kappa shape index (κ2) is 6.67. The Morgan fingerprint density at radius 1 is 1.25 bits per heavy atom. The number of amides is 2. The number of hydrogen-bond acceptors (Lipinski definition) is 5. The van der Waals surface area contributed by atoms with Crippen LogP contribution < -0.4 is 0 Å². The molecule has 2 saturated heterocycles. The Labute approximate surface area is 153 Å². The zero-order valence-corrected chi connectivity index (χ0v) is 15.1. The Hall–Kier alpha value is -1.68. The number of nitrogens with zero attached hydrogens (tertiary/aromatic N) is 4. The first-order chi connectivity index (χ1) is 11.8. The van der Waals surface area contributed by atoms with Crippen LogP contribution in [-0.4, -0.2) is 38.8 Å². The van der Waals surface area contributed by atoms with Gasteiger partial charge in [-0.25, -0.2) is 4.79 Å². The zero-order valence-electron chi connectivity index (χ0n) is 13.0. The molecular weight excluding hydrogens is 423 g/mol. The van der Waals surface area contributed by atoms with Crippen LogP contribution in [0, 0.1) is 0 Å². The van der Waals surface area contributed by atoms with Crippen molar-refractivity contribution in [2.24, 2.45) is 0 Å². The minimum Gasteiger partial charge on any atom is -0.422 e. The van der Waals surface area contributed by atoms with Crippen LogP contribution in [0.25, 0.3) is 0 Å². The minimum atomic E-state index is -0.150. The molecule has 0 saturated carbocycles. The van der Waals surface area contributed by atoms with E-state index in [4.69, 9.17) is 9.25 Å². The van der Waals surface area contributed by atoms with E-state index in [0.29, 0.717) is 29.4 Å². The summed E-state index contributed by atoms with van der Waals surface area (Å²) in [6.07, 6.45) is 1.67. The molecule has 2 fully saturated rings. The van der Waals surface area contributed by atoms with E-state index in [1.54, 1.807) is 4.90 Å². The average molecular weight is 440 g/mol. The predicted octanol–water partition coefficient (Wildman–Crippen LogP) is 3.08. The third kappa shape index (κ3) is 2.88. The Bertz CT molecular complexity index is 723. The summed E-state index contributed by atoms with van der Waals surface area (Å²) in [6, 6.07) is 9.67. The lowest BCUT2D eigenvalue weighted by Gasteiger charge is -2.27. The van der Waals surface area contributed by atoms with Crippen molar-refractivity contribution in [3.05, 3.63) is 47.7 Å². The van der Waals surface area contributed by atoms with Crippen LogP contribution in [0.15, 0.2) is 34.7 Å². The number of hydrogen-bond donors (Lipinski definition) is 0. The van der Waals surface area contributed by atoms with Crippen molar-refractivity contribution in [3.63, 3.8) is 0 Å². The molecule has 2 aliphatic rings. The van der Waals surface area contributed by atoms with E-state index in [1.165, 1.54) is 5.06 Å². The maximum absolute atomic E-state index is 12.7. The summed E-state index contributed by atoms with van der Waals surface area (Å²) in [5.74, 6) is 1.12. The first-order valence-electron chi connectivity index (χ1n) is 7.91. The van der Waals surface area contributed by atoms with Crippen molar-refractivity contribution >= 4 is 28.6 Å². The molecule has 1 aromatic heterocycles. The molecule has 0 spiro atoms. The first kappa shape index (κ1) is 15.8. The van der Waals surface area contributed by atoms with Crippen molar-refractivity contribution in [2.45, 2.75) is 36.0 Å². The number of fused-ring (bicyclic) bond motifs is 2. The maximum atomic E-state index is 12.7. The van der Waals surface area contributed by atoms with Gasteiger partial charge in [0.05, 0.1) is 10.5 Å². The normalized spacial score (nSPS) is 23.1. The quantitative estimate of drug-likeness (QED) is 0.528. The van der Waals surface area contributed by atoms with Crippen LogP contribution >= 0.6 is 22.6 Å². The smallest absolute Gasteiger partial charge is 0.345 e. The van der Waals surface area contributed by atoms with Crippen LogP contribution in [0.1, 0.15) is 36.2 Å². The Morgan fingerprint density at radius 2 is 2.08 bits per heavy atom. The molecule has 2 aromatic rings. The van der Waals surface area contributed by atoms with E-state index in [0.717, 1.165) is 18.4 Å². The van der Waals surface area contributed by atoms with Gasteiger partial charge in [-0.15, -0.1) is 10.2 Å². The van der Waals surface area contributed by atoms with Crippen LogP contribution in [0.5, 0.6) is 0 Å². The van der Waals surface area contributed by atoms with E-state index >= 15 is 0 Å². The third-order valence-electron chi connectivity index (χ3n) is 4.42. The number of carbonyl (C=O) groups excluding carboxylic acids is 1. The molecule has 7 nitrogen and oxygen atoms in total. The highest BCUT2D eigenvalue weighted by Gasteiger charge is 2.47. The van der Waals surface area contributed by atoms with E-state index in [-0.39, 0.29) is 18.1 Å². The fourth-order valence-corrected chi connectivity index (χ4v) is 3.54. The van der Waals surface area contributed by atoms with Gasteiger partial charge in [-0.2, -0.15) is 5.06 Å². The fraction of sp³-hybridized carbons (Fsp3) is 0.438. The molecule has 2 bridgehead atoms. The molecule has 2 aliphatic heterocycles. The molecule has 8 heteroatoms. The topological polar surface area (TPSA) is 71.7 Å². The highest BCUT2D eigenvalue weighted by Crippen LogP contribution is 2.38. The molecule has 1 aromatic carbocycles. The lowest BCUT2D eigenvalue weighted by atomic mass is 10.0. The molecule has 2 atom stereocenters. The molecule has 0 unspecified atom stereocenters. The molecule has 0 radical (unpaired) electrons. The molecule has 4 rings (SSSR count). The van der Waals surface area contributed by atoms with Crippen molar-refractivity contribution < 1.29 is 14.0 Å². The zero-order chi connectivity index (χ0) is 16.5. The van der Waals surface area contributed by atoms with Gasteiger partial charge in [-0.05, 0) is 18.4 Å². The number of benzene rings is 1. The highest BCUT2D eigenvalue weighted by atomic mass is 127. The lowest BCUT2D eigenvalue weighted by Crippen LogP contribution is -2.34. The summed E-state index contributed by atoms with van der Waals surface area (Å²) in [4.78, 5) is 20.3. The largest absolute Gasteiger partial charge is 0.422 e. The summed E-state index contributed by atoms with van der Waals surface area (Å²) >= 11 is 2.18. The number of alkyl halides is 1. The fourth-order valence-electron chi connectivity index (χ4n) is 3.23. The van der Waals surface area contributed by atoms with Gasteiger partial charge >= 0.3 is 6.03 Å². The maximum Gasteiger partial charge on any atom is 0.345 e. The van der Waals surface area contributed by atoms with Gasteiger partial charge in [-0.3, -0.25) is 4.84 Å². The van der Waals surface area contributed by atoms with Crippen LogP contribution in [0.3, 0.4) is 0 Å². The Balaban J connectivity index is 1.46. The Morgan fingerprint density at radius 3 is 2.83 bits per heavy atom. The number of rotatable bonds is 5. The number of aromatic nitrogens is 2. The first-order valence-corrected chi connectivity index (χ1v) is 9.43. The summed E-state index contributed by atoms with van der Waals surface area (Å²) in [5.41, 5.74) is 1.04. The summed E-state index contributed by atoms with van der Waals surface area (Å²) in [6.45, 7) is 1.03. The predicted molar refractivity (Wildman–Crippen MR) is 93.0 cm³/mol. The monoisotopic (exact) mass is 440 g/mol. The van der Waals surface area contributed by atoms with Gasteiger partial charge in [-0.1, -0.05) is 52.9 Å². The van der Waals surface area contributed by atoms with E-state index in [1.807, 2.05) is 30.3 Å². The minimum absolute atomic E-state index is 0.0874. The highest BCUT2D eigenvalue weighted by molar-refractivity contribution is 14.1. The lowest BCUT2D eigenvalue weighted by molar-refractivity contribution is -0.140. The van der Waals surface area contributed by atoms with Crippen molar-refractivity contribution in [1.82, 2.24) is 20.2 Å². The molecule has 24 heavy (non-hydrogen) atoms. The van der Waals surface area contributed by atoms with E-state index < -0.39 is 0 Å². The number of halogens is 1. The molecule has 126 valence electrons. The van der Waals surface area contributed by atoms with Gasteiger partial charge in [0.1, 0.15) is 12.6 Å². The van der Waals surface area contributed by atoms with Crippen LogP contribution in [0.2, 0.25) is 0 Å². The van der Waals surface area contributed by atoms with Gasteiger partial charge in [0.2, 0.25) is 11.8 Å². The van der Waals surface area contributed by atoms with Gasteiger partial charge in [0.25, 0.3) is 0 Å². The SMILES string of the molecule is O=C1N2C[C@@H](CC[C@H]2c2nnc(CI)o2)N1OCc1ccccc1. The molecule has 0 N–H and O–H groups in total. The molecule has 0 aliphatic carbocycles. The molecule has 3 heterocycles. The third-order valence-corrected chi connectivity index (χ3v) is 5.07. The standard InChI is InChI=1S/C16H17IN4O3/c17-8-14-18-19-15(24-14)13-7-6-12-9-20(13)16(22)21(12)23-10-11-4-2-1-3-5-11/h1-5,12-13H,6-10H2/t12-,13+/m1/s1. The van der Waals surface area contributed by atoms with Crippen molar-refractivity contribution in [1.29, 1.82) is 0 Å². The van der Waals surface area contributed by atoms with E-state index in [9.17, 15) is 4.79 Å². The van der Waals surface area contributed by atoms with Crippen molar-refractivity contribution in [2.75, 3.05) is 6.54 Å². The second-order valence-electron chi connectivity index (χ2n) is 5.93. The van der Waals surface area contributed by atoms with Gasteiger partial charge in [0, 0.05) is 6.54 Å². The molecular formula is C16H17IN4O3. The molecule has 2 amide bonds. The average Bonchev–Trinajstić information content (AvgIpc) is 3.19. The summed E-state index contributed by atoms with van der Waals surface area (Å²) in [5, 5.41) is 9.63. The van der Waals surface area contributed by atoms with E-state index in [2.05, 4.69) is 32.8 Å². The summed E-state index contributed by atoms with van der Waals surface area (Å²) < 4.78 is 6.32. The van der Waals surface area contributed by atoms with Gasteiger partial charge < -0.3 is 9.32 Å². The Kier molecular flexibility index (Phi) is 4.40. The second-order valence-corrected chi connectivity index (χ2v) is 6.70.